The van der Waals surface area contributed by atoms with Crippen molar-refractivity contribution in [1.82, 2.24) is 15.5 Å². The lowest BCUT2D eigenvalue weighted by Gasteiger charge is -2.31. The lowest BCUT2D eigenvalue weighted by Crippen LogP contribution is -2.46. The van der Waals surface area contributed by atoms with Crippen LogP contribution in [0.2, 0.25) is 0 Å². The van der Waals surface area contributed by atoms with Crippen LogP contribution in [-0.2, 0) is 6.54 Å². The number of carbonyl (C=O) groups excluding carboxylic acids is 1. The first kappa shape index (κ1) is 14.2. The van der Waals surface area contributed by atoms with E-state index in [9.17, 15) is 4.79 Å². The van der Waals surface area contributed by atoms with Crippen molar-refractivity contribution in [2.75, 3.05) is 26.2 Å². The van der Waals surface area contributed by atoms with Crippen LogP contribution in [0.1, 0.15) is 53.1 Å². The summed E-state index contributed by atoms with van der Waals surface area (Å²) in [4.78, 5) is 14.8. The monoisotopic (exact) mass is 299 g/mol. The number of benzene rings is 1. The van der Waals surface area contributed by atoms with E-state index in [2.05, 4.69) is 33.7 Å². The molecule has 3 aliphatic heterocycles. The van der Waals surface area contributed by atoms with Gasteiger partial charge in [-0.2, -0.15) is 0 Å². The van der Waals surface area contributed by atoms with Gasteiger partial charge >= 0.3 is 0 Å². The van der Waals surface area contributed by atoms with E-state index in [0.29, 0.717) is 12.0 Å². The standard InChI is InChI=1S/C18H25N3O/c22-18-17-6-5-13(14-3-1-7-19-10-14)9-15(17)12-21(18)16-4-2-8-20-11-16/h5-6,9,14,16,19-20H,1-4,7-8,10-12H2. The molecule has 3 aliphatic rings. The van der Waals surface area contributed by atoms with Gasteiger partial charge in [0.1, 0.15) is 0 Å². The SMILES string of the molecule is O=C1c2ccc(C3CCCNC3)cc2CN1C1CCCNC1. The summed E-state index contributed by atoms with van der Waals surface area (Å²) in [6, 6.07) is 6.91. The summed E-state index contributed by atoms with van der Waals surface area (Å²) >= 11 is 0. The van der Waals surface area contributed by atoms with Crippen molar-refractivity contribution in [1.29, 1.82) is 0 Å². The Labute approximate surface area is 132 Å². The summed E-state index contributed by atoms with van der Waals surface area (Å²) in [6.45, 7) is 5.04. The fraction of sp³-hybridized carbons (Fsp3) is 0.611. The van der Waals surface area contributed by atoms with E-state index in [-0.39, 0.29) is 5.91 Å². The number of nitrogens with one attached hydrogen (secondary N) is 2. The van der Waals surface area contributed by atoms with E-state index in [0.717, 1.165) is 44.7 Å². The van der Waals surface area contributed by atoms with Gasteiger partial charge in [-0.15, -0.1) is 0 Å². The zero-order chi connectivity index (χ0) is 14.9. The highest BCUT2D eigenvalue weighted by Crippen LogP contribution is 2.31. The molecule has 0 bridgehead atoms. The van der Waals surface area contributed by atoms with E-state index in [1.165, 1.54) is 30.4 Å². The number of amides is 1. The molecule has 22 heavy (non-hydrogen) atoms. The number of hydrogen-bond acceptors (Lipinski definition) is 3. The zero-order valence-corrected chi connectivity index (χ0v) is 13.1. The van der Waals surface area contributed by atoms with Gasteiger partial charge in [-0.25, -0.2) is 0 Å². The van der Waals surface area contributed by atoms with Gasteiger partial charge in [0.2, 0.25) is 0 Å². The van der Waals surface area contributed by atoms with Crippen LogP contribution in [0.5, 0.6) is 0 Å². The Morgan fingerprint density at radius 2 is 1.86 bits per heavy atom. The minimum Gasteiger partial charge on any atom is -0.330 e. The fourth-order valence-electron chi connectivity index (χ4n) is 4.15. The van der Waals surface area contributed by atoms with E-state index in [4.69, 9.17) is 0 Å². The Balaban J connectivity index is 1.54. The molecule has 2 atom stereocenters. The largest absolute Gasteiger partial charge is 0.330 e. The molecule has 1 aromatic rings. The zero-order valence-electron chi connectivity index (χ0n) is 13.1. The molecule has 2 saturated heterocycles. The third kappa shape index (κ3) is 2.55. The molecule has 1 amide bonds. The highest BCUT2D eigenvalue weighted by molar-refractivity contribution is 5.98. The van der Waals surface area contributed by atoms with Crippen LogP contribution in [-0.4, -0.2) is 43.0 Å². The predicted molar refractivity (Wildman–Crippen MR) is 87.1 cm³/mol. The fourth-order valence-corrected chi connectivity index (χ4v) is 4.15. The number of piperidine rings is 2. The van der Waals surface area contributed by atoms with Gasteiger partial charge in [0, 0.05) is 31.2 Å². The molecule has 0 saturated carbocycles. The van der Waals surface area contributed by atoms with E-state index < -0.39 is 0 Å². The van der Waals surface area contributed by atoms with Gasteiger partial charge in [-0.3, -0.25) is 4.79 Å². The summed E-state index contributed by atoms with van der Waals surface area (Å²) in [6.07, 6.45) is 4.81. The average molecular weight is 299 g/mol. The van der Waals surface area contributed by atoms with Crippen LogP contribution in [0.15, 0.2) is 18.2 Å². The number of fused-ring (bicyclic) bond motifs is 1. The maximum atomic E-state index is 12.7. The van der Waals surface area contributed by atoms with Crippen molar-refractivity contribution in [3.8, 4) is 0 Å². The van der Waals surface area contributed by atoms with Crippen LogP contribution >= 0.6 is 0 Å². The number of carbonyl (C=O) groups is 1. The van der Waals surface area contributed by atoms with Crippen LogP contribution in [0.25, 0.3) is 0 Å². The number of rotatable bonds is 2. The predicted octanol–water partition coefficient (Wildman–Crippen LogP) is 1.86. The molecular formula is C18H25N3O. The van der Waals surface area contributed by atoms with Gasteiger partial charge in [0.15, 0.2) is 0 Å². The maximum absolute atomic E-state index is 12.7. The lowest BCUT2D eigenvalue weighted by atomic mass is 9.90. The van der Waals surface area contributed by atoms with Crippen molar-refractivity contribution in [3.63, 3.8) is 0 Å². The molecular weight excluding hydrogens is 274 g/mol. The van der Waals surface area contributed by atoms with Crippen LogP contribution < -0.4 is 10.6 Å². The molecule has 4 nitrogen and oxygen atoms in total. The first-order valence-corrected chi connectivity index (χ1v) is 8.68. The molecule has 118 valence electrons. The highest BCUT2D eigenvalue weighted by atomic mass is 16.2. The van der Waals surface area contributed by atoms with Crippen molar-refractivity contribution in [2.45, 2.75) is 44.2 Å². The van der Waals surface area contributed by atoms with Gasteiger partial charge in [0.25, 0.3) is 5.91 Å². The Kier molecular flexibility index (Phi) is 3.89. The molecule has 0 spiro atoms. The quantitative estimate of drug-likeness (QED) is 0.876. The molecule has 4 heteroatoms. The summed E-state index contributed by atoms with van der Waals surface area (Å²) in [5, 5.41) is 6.90. The van der Waals surface area contributed by atoms with E-state index in [1.54, 1.807) is 0 Å². The smallest absolute Gasteiger partial charge is 0.254 e. The topological polar surface area (TPSA) is 44.4 Å². The number of nitrogens with zero attached hydrogens (tertiary/aromatic N) is 1. The molecule has 2 fully saturated rings. The molecule has 0 aliphatic carbocycles. The van der Waals surface area contributed by atoms with Gasteiger partial charge < -0.3 is 15.5 Å². The average Bonchev–Trinajstić information content (AvgIpc) is 2.93. The van der Waals surface area contributed by atoms with Gasteiger partial charge in [-0.1, -0.05) is 12.1 Å². The maximum Gasteiger partial charge on any atom is 0.254 e. The first-order valence-electron chi connectivity index (χ1n) is 8.68. The molecule has 2 N–H and O–H groups in total. The van der Waals surface area contributed by atoms with Crippen molar-refractivity contribution in [2.24, 2.45) is 0 Å². The van der Waals surface area contributed by atoms with E-state index in [1.807, 2.05) is 0 Å². The molecule has 2 unspecified atom stereocenters. The molecule has 3 heterocycles. The Bertz CT molecular complexity index is 559. The van der Waals surface area contributed by atoms with Crippen LogP contribution in [0.4, 0.5) is 0 Å². The third-order valence-electron chi connectivity index (χ3n) is 5.44. The number of hydrogen-bond donors (Lipinski definition) is 2. The highest BCUT2D eigenvalue weighted by Gasteiger charge is 2.33. The Morgan fingerprint density at radius 1 is 1.05 bits per heavy atom. The Hall–Kier alpha value is -1.39. The van der Waals surface area contributed by atoms with Gasteiger partial charge in [0.05, 0.1) is 0 Å². The summed E-state index contributed by atoms with van der Waals surface area (Å²) in [5.74, 6) is 0.844. The first-order chi connectivity index (χ1) is 10.8. The summed E-state index contributed by atoms with van der Waals surface area (Å²) < 4.78 is 0. The van der Waals surface area contributed by atoms with Crippen molar-refractivity contribution < 1.29 is 4.79 Å². The normalized spacial score (nSPS) is 28.7. The van der Waals surface area contributed by atoms with Gasteiger partial charge in [-0.05, 0) is 61.9 Å². The minimum atomic E-state index is 0.233. The molecule has 4 rings (SSSR count). The molecule has 0 radical (unpaired) electrons. The van der Waals surface area contributed by atoms with Crippen LogP contribution in [0, 0.1) is 0 Å². The lowest BCUT2D eigenvalue weighted by molar-refractivity contribution is 0.0674. The summed E-state index contributed by atoms with van der Waals surface area (Å²) in [5.41, 5.74) is 3.57. The second-order valence-corrected chi connectivity index (χ2v) is 6.89. The third-order valence-corrected chi connectivity index (χ3v) is 5.44. The summed E-state index contributed by atoms with van der Waals surface area (Å²) in [7, 11) is 0. The Morgan fingerprint density at radius 3 is 2.59 bits per heavy atom. The second kappa shape index (κ2) is 6.01. The molecule has 0 aromatic heterocycles. The minimum absolute atomic E-state index is 0.233. The van der Waals surface area contributed by atoms with Crippen LogP contribution in [0.3, 0.4) is 0 Å². The van der Waals surface area contributed by atoms with Crippen molar-refractivity contribution >= 4 is 5.91 Å². The second-order valence-electron chi connectivity index (χ2n) is 6.89. The van der Waals surface area contributed by atoms with E-state index >= 15 is 0 Å². The van der Waals surface area contributed by atoms with Crippen molar-refractivity contribution in [3.05, 3.63) is 34.9 Å². The molecule has 1 aromatic carbocycles.